The van der Waals surface area contributed by atoms with E-state index in [4.69, 9.17) is 0 Å². The standard InChI is InChI=1S/C14H21NO/c1-11-7-4-5-8-12(11)14(16)13-9-3-2-6-10-15-13/h4-5,7-8,13-16H,2-3,6,9-10H2,1H3. The fourth-order valence-corrected chi connectivity index (χ4v) is 2.46. The molecule has 1 aromatic rings. The van der Waals surface area contributed by atoms with Gasteiger partial charge in [-0.15, -0.1) is 0 Å². The lowest BCUT2D eigenvalue weighted by atomic mass is 9.95. The van der Waals surface area contributed by atoms with Gasteiger partial charge in [0.2, 0.25) is 0 Å². The van der Waals surface area contributed by atoms with Gasteiger partial charge in [0.05, 0.1) is 6.10 Å². The Bertz CT molecular complexity index is 329. The SMILES string of the molecule is Cc1ccccc1C(O)C1CCCCCN1. The van der Waals surface area contributed by atoms with Crippen LogP contribution in [-0.2, 0) is 0 Å². The van der Waals surface area contributed by atoms with Gasteiger partial charge in [-0.3, -0.25) is 0 Å². The molecule has 1 aromatic carbocycles. The van der Waals surface area contributed by atoms with Crippen LogP contribution in [0, 0.1) is 6.92 Å². The minimum Gasteiger partial charge on any atom is -0.387 e. The average molecular weight is 219 g/mol. The van der Waals surface area contributed by atoms with E-state index in [9.17, 15) is 5.11 Å². The van der Waals surface area contributed by atoms with Crippen molar-refractivity contribution in [1.82, 2.24) is 5.32 Å². The number of aliphatic hydroxyl groups is 1. The van der Waals surface area contributed by atoms with Crippen molar-refractivity contribution in [1.29, 1.82) is 0 Å². The summed E-state index contributed by atoms with van der Waals surface area (Å²) in [6.45, 7) is 3.10. The summed E-state index contributed by atoms with van der Waals surface area (Å²) in [6.07, 6.45) is 4.45. The second-order valence-corrected chi connectivity index (χ2v) is 4.71. The Labute approximate surface area is 97.7 Å². The zero-order chi connectivity index (χ0) is 11.4. The van der Waals surface area contributed by atoms with Gasteiger partial charge in [-0.2, -0.15) is 0 Å². The number of benzene rings is 1. The molecule has 2 atom stereocenters. The Morgan fingerprint density at radius 2 is 2.06 bits per heavy atom. The lowest BCUT2D eigenvalue weighted by Crippen LogP contribution is -2.34. The molecule has 0 amide bonds. The maximum Gasteiger partial charge on any atom is 0.0945 e. The largest absolute Gasteiger partial charge is 0.387 e. The van der Waals surface area contributed by atoms with E-state index in [1.165, 1.54) is 24.8 Å². The quantitative estimate of drug-likeness (QED) is 0.801. The highest BCUT2D eigenvalue weighted by Gasteiger charge is 2.22. The molecule has 0 spiro atoms. The van der Waals surface area contributed by atoms with Crippen molar-refractivity contribution >= 4 is 0 Å². The molecule has 2 N–H and O–H groups in total. The molecule has 2 rings (SSSR count). The van der Waals surface area contributed by atoms with Crippen molar-refractivity contribution in [2.45, 2.75) is 44.8 Å². The van der Waals surface area contributed by atoms with Crippen LogP contribution in [0.25, 0.3) is 0 Å². The molecule has 1 saturated heterocycles. The molecule has 1 aliphatic heterocycles. The minimum absolute atomic E-state index is 0.226. The molecule has 1 aliphatic rings. The Morgan fingerprint density at radius 1 is 1.25 bits per heavy atom. The van der Waals surface area contributed by atoms with Crippen molar-refractivity contribution < 1.29 is 5.11 Å². The van der Waals surface area contributed by atoms with Crippen LogP contribution in [0.4, 0.5) is 0 Å². The van der Waals surface area contributed by atoms with E-state index in [0.717, 1.165) is 18.5 Å². The van der Waals surface area contributed by atoms with Crippen LogP contribution in [0.3, 0.4) is 0 Å². The van der Waals surface area contributed by atoms with E-state index in [2.05, 4.69) is 18.3 Å². The molecule has 1 fully saturated rings. The molecule has 0 aromatic heterocycles. The third-order valence-electron chi connectivity index (χ3n) is 3.49. The minimum atomic E-state index is -0.362. The molecule has 2 nitrogen and oxygen atoms in total. The normalized spacial score (nSPS) is 23.8. The van der Waals surface area contributed by atoms with Gasteiger partial charge in [-0.05, 0) is 37.4 Å². The van der Waals surface area contributed by atoms with Crippen LogP contribution in [0.2, 0.25) is 0 Å². The first-order chi connectivity index (χ1) is 7.79. The molecule has 2 heteroatoms. The molecular weight excluding hydrogens is 198 g/mol. The fourth-order valence-electron chi connectivity index (χ4n) is 2.46. The smallest absolute Gasteiger partial charge is 0.0945 e. The number of nitrogens with one attached hydrogen (secondary N) is 1. The van der Waals surface area contributed by atoms with Crippen LogP contribution in [-0.4, -0.2) is 17.7 Å². The highest BCUT2D eigenvalue weighted by Crippen LogP contribution is 2.24. The summed E-state index contributed by atoms with van der Waals surface area (Å²) in [6, 6.07) is 8.35. The lowest BCUT2D eigenvalue weighted by Gasteiger charge is -2.24. The summed E-state index contributed by atoms with van der Waals surface area (Å²) in [5.74, 6) is 0. The number of aliphatic hydroxyl groups excluding tert-OH is 1. The highest BCUT2D eigenvalue weighted by atomic mass is 16.3. The summed E-state index contributed by atoms with van der Waals surface area (Å²) in [5.41, 5.74) is 2.25. The van der Waals surface area contributed by atoms with Gasteiger partial charge in [0.1, 0.15) is 0 Å². The van der Waals surface area contributed by atoms with Gasteiger partial charge in [0, 0.05) is 6.04 Å². The number of hydrogen-bond donors (Lipinski definition) is 2. The lowest BCUT2D eigenvalue weighted by molar-refractivity contribution is 0.125. The van der Waals surface area contributed by atoms with Crippen molar-refractivity contribution in [3.63, 3.8) is 0 Å². The predicted octanol–water partition coefficient (Wildman–Crippen LogP) is 2.56. The van der Waals surface area contributed by atoms with Crippen LogP contribution in [0.15, 0.2) is 24.3 Å². The highest BCUT2D eigenvalue weighted by molar-refractivity contribution is 5.28. The Hall–Kier alpha value is -0.860. The van der Waals surface area contributed by atoms with E-state index < -0.39 is 0 Å². The van der Waals surface area contributed by atoms with Crippen molar-refractivity contribution in [3.05, 3.63) is 35.4 Å². The van der Waals surface area contributed by atoms with Crippen molar-refractivity contribution in [2.75, 3.05) is 6.54 Å². The Kier molecular flexibility index (Phi) is 3.97. The van der Waals surface area contributed by atoms with Gasteiger partial charge >= 0.3 is 0 Å². The zero-order valence-electron chi connectivity index (χ0n) is 9.95. The van der Waals surface area contributed by atoms with Crippen LogP contribution < -0.4 is 5.32 Å². The summed E-state index contributed by atoms with van der Waals surface area (Å²) in [7, 11) is 0. The maximum atomic E-state index is 10.4. The van der Waals surface area contributed by atoms with Gasteiger partial charge in [0.15, 0.2) is 0 Å². The topological polar surface area (TPSA) is 32.3 Å². The van der Waals surface area contributed by atoms with E-state index in [1.54, 1.807) is 0 Å². The second-order valence-electron chi connectivity index (χ2n) is 4.71. The Morgan fingerprint density at radius 3 is 2.88 bits per heavy atom. The van der Waals surface area contributed by atoms with Crippen molar-refractivity contribution in [3.8, 4) is 0 Å². The monoisotopic (exact) mass is 219 g/mol. The predicted molar refractivity (Wildman–Crippen MR) is 66.4 cm³/mol. The van der Waals surface area contributed by atoms with Gasteiger partial charge in [-0.25, -0.2) is 0 Å². The van der Waals surface area contributed by atoms with Crippen LogP contribution in [0.1, 0.15) is 42.9 Å². The van der Waals surface area contributed by atoms with Crippen LogP contribution in [0.5, 0.6) is 0 Å². The van der Waals surface area contributed by atoms with Crippen LogP contribution >= 0.6 is 0 Å². The van der Waals surface area contributed by atoms with Gasteiger partial charge < -0.3 is 10.4 Å². The first-order valence-corrected chi connectivity index (χ1v) is 6.26. The number of rotatable bonds is 2. The summed E-state index contributed by atoms with van der Waals surface area (Å²) < 4.78 is 0. The van der Waals surface area contributed by atoms with Gasteiger partial charge in [0.25, 0.3) is 0 Å². The van der Waals surface area contributed by atoms with E-state index in [1.807, 2.05) is 18.2 Å². The second kappa shape index (κ2) is 5.46. The van der Waals surface area contributed by atoms with E-state index in [0.29, 0.717) is 0 Å². The van der Waals surface area contributed by atoms with Crippen molar-refractivity contribution in [2.24, 2.45) is 0 Å². The number of hydrogen-bond acceptors (Lipinski definition) is 2. The third kappa shape index (κ3) is 2.63. The molecule has 2 unspecified atom stereocenters. The van der Waals surface area contributed by atoms with E-state index in [-0.39, 0.29) is 12.1 Å². The average Bonchev–Trinajstić information content (AvgIpc) is 2.57. The fraction of sp³-hybridized carbons (Fsp3) is 0.571. The van der Waals surface area contributed by atoms with Gasteiger partial charge in [-0.1, -0.05) is 37.1 Å². The first kappa shape index (κ1) is 11.6. The zero-order valence-corrected chi connectivity index (χ0v) is 9.95. The molecule has 0 radical (unpaired) electrons. The van der Waals surface area contributed by atoms with E-state index >= 15 is 0 Å². The summed E-state index contributed by atoms with van der Waals surface area (Å²) in [5, 5.41) is 13.8. The molecule has 0 bridgehead atoms. The summed E-state index contributed by atoms with van der Waals surface area (Å²) in [4.78, 5) is 0. The number of aryl methyl sites for hydroxylation is 1. The molecule has 0 aliphatic carbocycles. The summed E-state index contributed by atoms with van der Waals surface area (Å²) >= 11 is 0. The Balaban J connectivity index is 2.11. The maximum absolute atomic E-state index is 10.4. The third-order valence-corrected chi connectivity index (χ3v) is 3.49. The molecular formula is C14H21NO. The molecule has 1 heterocycles. The molecule has 88 valence electrons. The molecule has 0 saturated carbocycles. The first-order valence-electron chi connectivity index (χ1n) is 6.26. The molecule has 16 heavy (non-hydrogen) atoms.